The predicted octanol–water partition coefficient (Wildman–Crippen LogP) is 2.77. The van der Waals surface area contributed by atoms with Crippen LogP contribution in [0.4, 0.5) is 14.9 Å². The second kappa shape index (κ2) is 7.53. The zero-order valence-electron chi connectivity index (χ0n) is 10.2. The van der Waals surface area contributed by atoms with E-state index < -0.39 is 5.82 Å². The summed E-state index contributed by atoms with van der Waals surface area (Å²) in [6.07, 6.45) is 2.19. The van der Waals surface area contributed by atoms with Crippen LogP contribution in [0, 0.1) is 5.82 Å². The van der Waals surface area contributed by atoms with Gasteiger partial charge in [-0.1, -0.05) is 11.6 Å². The molecule has 1 aliphatic heterocycles. The summed E-state index contributed by atoms with van der Waals surface area (Å²) in [5.41, 5.74) is 0.344. The van der Waals surface area contributed by atoms with Gasteiger partial charge < -0.3 is 16.0 Å². The average Bonchev–Trinajstić information content (AvgIpc) is 2.77. The number of amides is 2. The quantitative estimate of drug-likeness (QED) is 0.804. The second-order valence-corrected chi connectivity index (χ2v) is 4.72. The number of benzene rings is 1. The summed E-state index contributed by atoms with van der Waals surface area (Å²) in [6, 6.07) is 3.88. The van der Waals surface area contributed by atoms with E-state index in [4.69, 9.17) is 11.6 Å². The van der Waals surface area contributed by atoms with Crippen molar-refractivity contribution in [2.75, 3.05) is 18.4 Å². The second-order valence-electron chi connectivity index (χ2n) is 4.29. The number of anilines is 1. The Hall–Kier alpha value is -1.04. The fourth-order valence-electron chi connectivity index (χ4n) is 1.95. The normalized spacial score (nSPS) is 17.7. The van der Waals surface area contributed by atoms with Crippen LogP contribution in [-0.4, -0.2) is 25.2 Å². The van der Waals surface area contributed by atoms with Crippen LogP contribution in [0.5, 0.6) is 0 Å². The van der Waals surface area contributed by atoms with Crippen molar-refractivity contribution >= 4 is 35.7 Å². The monoisotopic (exact) mass is 307 g/mol. The molecule has 1 aromatic rings. The number of halogens is 3. The molecule has 0 saturated carbocycles. The van der Waals surface area contributed by atoms with Crippen molar-refractivity contribution in [2.45, 2.75) is 18.9 Å². The third kappa shape index (κ3) is 5.22. The van der Waals surface area contributed by atoms with Crippen molar-refractivity contribution in [1.29, 1.82) is 0 Å². The van der Waals surface area contributed by atoms with Crippen LogP contribution in [0.3, 0.4) is 0 Å². The van der Waals surface area contributed by atoms with Gasteiger partial charge in [-0.15, -0.1) is 12.4 Å². The lowest BCUT2D eigenvalue weighted by molar-refractivity contribution is 0.251. The number of carbonyl (C=O) groups is 1. The van der Waals surface area contributed by atoms with E-state index in [9.17, 15) is 9.18 Å². The first kappa shape index (κ1) is 16.0. The summed E-state index contributed by atoms with van der Waals surface area (Å²) in [7, 11) is 0. The molecule has 0 spiro atoms. The van der Waals surface area contributed by atoms with Crippen molar-refractivity contribution in [3.63, 3.8) is 0 Å². The first-order valence-corrected chi connectivity index (χ1v) is 6.25. The molecule has 1 heterocycles. The summed E-state index contributed by atoms with van der Waals surface area (Å²) in [6.45, 7) is 1.56. The van der Waals surface area contributed by atoms with Crippen LogP contribution < -0.4 is 16.0 Å². The van der Waals surface area contributed by atoms with E-state index in [1.54, 1.807) is 0 Å². The fourth-order valence-corrected chi connectivity index (χ4v) is 2.17. The summed E-state index contributed by atoms with van der Waals surface area (Å²) >= 11 is 5.69. The Morgan fingerprint density at radius 2 is 2.26 bits per heavy atom. The van der Waals surface area contributed by atoms with E-state index in [2.05, 4.69) is 16.0 Å². The van der Waals surface area contributed by atoms with Crippen LogP contribution in [0.1, 0.15) is 12.8 Å². The first-order chi connectivity index (χ1) is 8.63. The molecule has 1 aliphatic rings. The lowest BCUT2D eigenvalue weighted by Gasteiger charge is -2.12. The smallest absolute Gasteiger partial charge is 0.319 e. The standard InChI is InChI=1S/C12H15ClFN3O.ClH/c13-8-4-9(14)6-11(5-8)17-12(18)16-7-10-2-1-3-15-10;/h4-6,10,15H,1-3,7H2,(H2,16,17,18);1H/t10-;/m0./s1. The van der Waals surface area contributed by atoms with Gasteiger partial charge in [0.05, 0.1) is 0 Å². The highest BCUT2D eigenvalue weighted by Gasteiger charge is 2.14. The highest BCUT2D eigenvalue weighted by Crippen LogP contribution is 2.17. The van der Waals surface area contributed by atoms with Crippen molar-refractivity contribution in [2.24, 2.45) is 0 Å². The third-order valence-corrected chi connectivity index (χ3v) is 3.01. The molecule has 0 unspecified atom stereocenters. The number of rotatable bonds is 3. The molecule has 7 heteroatoms. The predicted molar refractivity (Wildman–Crippen MR) is 76.7 cm³/mol. The zero-order chi connectivity index (χ0) is 13.0. The average molecular weight is 308 g/mol. The molecule has 0 bridgehead atoms. The lowest BCUT2D eigenvalue weighted by atomic mass is 10.2. The number of hydrogen-bond acceptors (Lipinski definition) is 2. The van der Waals surface area contributed by atoms with Gasteiger partial charge in [-0.25, -0.2) is 9.18 Å². The molecule has 1 aromatic carbocycles. The largest absolute Gasteiger partial charge is 0.336 e. The minimum atomic E-state index is -0.477. The first-order valence-electron chi connectivity index (χ1n) is 5.88. The maximum absolute atomic E-state index is 13.0. The molecule has 2 rings (SSSR count). The van der Waals surface area contributed by atoms with Gasteiger partial charge in [0.1, 0.15) is 5.82 Å². The summed E-state index contributed by atoms with van der Waals surface area (Å²) < 4.78 is 13.0. The van der Waals surface area contributed by atoms with Crippen molar-refractivity contribution in [1.82, 2.24) is 10.6 Å². The summed E-state index contributed by atoms with van der Waals surface area (Å²) in [5.74, 6) is -0.477. The highest BCUT2D eigenvalue weighted by atomic mass is 35.5. The van der Waals surface area contributed by atoms with Gasteiger partial charge in [-0.3, -0.25) is 0 Å². The topological polar surface area (TPSA) is 53.2 Å². The third-order valence-electron chi connectivity index (χ3n) is 2.79. The van der Waals surface area contributed by atoms with E-state index in [-0.39, 0.29) is 23.5 Å². The number of urea groups is 1. The van der Waals surface area contributed by atoms with Crippen molar-refractivity contribution in [3.8, 4) is 0 Å². The van der Waals surface area contributed by atoms with Gasteiger partial charge in [0.15, 0.2) is 0 Å². The minimum Gasteiger partial charge on any atom is -0.336 e. The SMILES string of the molecule is Cl.O=C(NC[C@@H]1CCCN1)Nc1cc(F)cc(Cl)c1. The van der Waals surface area contributed by atoms with Crippen LogP contribution in [0.25, 0.3) is 0 Å². The Labute approximate surface area is 122 Å². The Morgan fingerprint density at radius 1 is 1.47 bits per heavy atom. The van der Waals surface area contributed by atoms with Gasteiger partial charge in [-0.2, -0.15) is 0 Å². The molecule has 1 atom stereocenters. The summed E-state index contributed by atoms with van der Waals surface area (Å²) in [4.78, 5) is 11.6. The number of carbonyl (C=O) groups excluding carboxylic acids is 1. The number of hydrogen-bond donors (Lipinski definition) is 3. The molecular formula is C12H16Cl2FN3O. The molecule has 0 aromatic heterocycles. The van der Waals surface area contributed by atoms with E-state index in [1.807, 2.05) is 0 Å². The molecule has 19 heavy (non-hydrogen) atoms. The zero-order valence-corrected chi connectivity index (χ0v) is 11.8. The molecular weight excluding hydrogens is 292 g/mol. The van der Waals surface area contributed by atoms with E-state index in [0.29, 0.717) is 18.3 Å². The Balaban J connectivity index is 0.00000180. The Bertz CT molecular complexity index is 419. The van der Waals surface area contributed by atoms with Crippen molar-refractivity contribution < 1.29 is 9.18 Å². The molecule has 4 nitrogen and oxygen atoms in total. The van der Waals surface area contributed by atoms with Crippen LogP contribution in [0.15, 0.2) is 18.2 Å². The van der Waals surface area contributed by atoms with E-state index >= 15 is 0 Å². The molecule has 2 amide bonds. The van der Waals surface area contributed by atoms with Gasteiger partial charge in [0, 0.05) is 23.3 Å². The van der Waals surface area contributed by atoms with Crippen molar-refractivity contribution in [3.05, 3.63) is 29.0 Å². The minimum absolute atomic E-state index is 0. The van der Waals surface area contributed by atoms with Gasteiger partial charge in [-0.05, 0) is 37.6 Å². The fraction of sp³-hybridized carbons (Fsp3) is 0.417. The molecule has 0 aliphatic carbocycles. The maximum atomic E-state index is 13.0. The molecule has 3 N–H and O–H groups in total. The van der Waals surface area contributed by atoms with Gasteiger partial charge in [0.2, 0.25) is 0 Å². The van der Waals surface area contributed by atoms with Crippen LogP contribution in [-0.2, 0) is 0 Å². The summed E-state index contributed by atoms with van der Waals surface area (Å²) in [5, 5.41) is 8.80. The van der Waals surface area contributed by atoms with Gasteiger partial charge >= 0.3 is 6.03 Å². The lowest BCUT2D eigenvalue weighted by Crippen LogP contribution is -2.39. The van der Waals surface area contributed by atoms with E-state index in [1.165, 1.54) is 18.2 Å². The van der Waals surface area contributed by atoms with Gasteiger partial charge in [0.25, 0.3) is 0 Å². The van der Waals surface area contributed by atoms with Crippen LogP contribution >= 0.6 is 24.0 Å². The highest BCUT2D eigenvalue weighted by molar-refractivity contribution is 6.30. The Morgan fingerprint density at radius 3 is 2.89 bits per heavy atom. The molecule has 106 valence electrons. The Kier molecular flexibility index (Phi) is 6.34. The molecule has 1 fully saturated rings. The maximum Gasteiger partial charge on any atom is 0.319 e. The van der Waals surface area contributed by atoms with E-state index in [0.717, 1.165) is 19.4 Å². The molecule has 1 saturated heterocycles. The number of nitrogens with one attached hydrogen (secondary N) is 3. The molecule has 0 radical (unpaired) electrons. The van der Waals surface area contributed by atoms with Crippen LogP contribution in [0.2, 0.25) is 5.02 Å².